The van der Waals surface area contributed by atoms with Crippen molar-refractivity contribution in [2.24, 2.45) is 5.92 Å². The zero-order valence-corrected chi connectivity index (χ0v) is 11.5. The van der Waals surface area contributed by atoms with E-state index in [4.69, 9.17) is 5.11 Å². The Bertz CT molecular complexity index is 403. The molecular weight excluding hydrogens is 252 g/mol. The molecule has 1 atom stereocenters. The molecular formula is C12H18N2O3S. The molecule has 0 saturated heterocycles. The van der Waals surface area contributed by atoms with Crippen molar-refractivity contribution in [2.75, 3.05) is 13.6 Å². The van der Waals surface area contributed by atoms with Crippen LogP contribution < -0.4 is 5.32 Å². The summed E-state index contributed by atoms with van der Waals surface area (Å²) in [6.07, 6.45) is 0. The van der Waals surface area contributed by atoms with Crippen molar-refractivity contribution in [3.63, 3.8) is 0 Å². The highest BCUT2D eigenvalue weighted by Crippen LogP contribution is 2.25. The predicted molar refractivity (Wildman–Crippen MR) is 70.7 cm³/mol. The second-order valence-corrected chi connectivity index (χ2v) is 5.42. The molecule has 0 aromatic carbocycles. The first kappa shape index (κ1) is 14.5. The van der Waals surface area contributed by atoms with Gasteiger partial charge in [-0.3, -0.25) is 4.79 Å². The summed E-state index contributed by atoms with van der Waals surface area (Å²) in [6.45, 7) is 3.73. The van der Waals surface area contributed by atoms with E-state index in [9.17, 15) is 9.59 Å². The lowest BCUT2D eigenvalue weighted by molar-refractivity contribution is -0.137. The number of urea groups is 1. The molecule has 0 aliphatic rings. The number of carbonyl (C=O) groups excluding carboxylic acids is 1. The molecule has 0 radical (unpaired) electrons. The fraction of sp³-hybridized carbons (Fsp3) is 0.500. The van der Waals surface area contributed by atoms with Crippen LogP contribution in [0.1, 0.15) is 24.8 Å². The quantitative estimate of drug-likeness (QED) is 0.861. The first-order chi connectivity index (χ1) is 8.41. The molecule has 6 heteroatoms. The summed E-state index contributed by atoms with van der Waals surface area (Å²) in [7, 11) is 1.47. The fourth-order valence-electron chi connectivity index (χ4n) is 1.55. The average Bonchev–Trinajstić information content (AvgIpc) is 2.77. The van der Waals surface area contributed by atoms with E-state index in [0.717, 1.165) is 9.78 Å². The smallest absolute Gasteiger partial charge is 0.323 e. The number of nitrogens with zero attached hydrogens (tertiary/aromatic N) is 1. The van der Waals surface area contributed by atoms with Crippen LogP contribution in [0, 0.1) is 5.92 Å². The van der Waals surface area contributed by atoms with E-state index >= 15 is 0 Å². The van der Waals surface area contributed by atoms with Gasteiger partial charge >= 0.3 is 12.0 Å². The van der Waals surface area contributed by atoms with Crippen LogP contribution in [-0.2, 0) is 4.79 Å². The lowest BCUT2D eigenvalue weighted by atomic mass is 10.0. The summed E-state index contributed by atoms with van der Waals surface area (Å²) in [6, 6.07) is 3.44. The van der Waals surface area contributed by atoms with Crippen LogP contribution in [0.4, 0.5) is 4.79 Å². The summed E-state index contributed by atoms with van der Waals surface area (Å²) >= 11 is 1.58. The zero-order chi connectivity index (χ0) is 13.7. The second kappa shape index (κ2) is 6.39. The number of likely N-dealkylation sites (N-methyl/N-ethyl adjacent to an activating group) is 1. The largest absolute Gasteiger partial charge is 0.480 e. The van der Waals surface area contributed by atoms with E-state index in [2.05, 4.69) is 5.32 Å². The van der Waals surface area contributed by atoms with Crippen molar-refractivity contribution in [1.29, 1.82) is 0 Å². The number of amides is 2. The van der Waals surface area contributed by atoms with Crippen LogP contribution in [0.15, 0.2) is 17.5 Å². The van der Waals surface area contributed by atoms with Crippen molar-refractivity contribution in [3.8, 4) is 0 Å². The lowest BCUT2D eigenvalue weighted by Crippen LogP contribution is -2.42. The Morgan fingerprint density at radius 3 is 2.61 bits per heavy atom. The van der Waals surface area contributed by atoms with Crippen LogP contribution in [0.3, 0.4) is 0 Å². The number of rotatable bonds is 5. The maximum absolute atomic E-state index is 11.8. The van der Waals surface area contributed by atoms with E-state index in [0.29, 0.717) is 0 Å². The molecule has 2 amide bonds. The van der Waals surface area contributed by atoms with Gasteiger partial charge in [-0.1, -0.05) is 19.9 Å². The molecule has 5 nitrogen and oxygen atoms in total. The normalized spacial score (nSPS) is 12.2. The van der Waals surface area contributed by atoms with Crippen LogP contribution in [0.2, 0.25) is 0 Å². The van der Waals surface area contributed by atoms with E-state index in [1.807, 2.05) is 31.4 Å². The molecule has 0 aliphatic carbocycles. The third-order valence-corrected chi connectivity index (χ3v) is 3.47. The average molecular weight is 270 g/mol. The molecule has 0 spiro atoms. The topological polar surface area (TPSA) is 69.6 Å². The number of hydrogen-bond donors (Lipinski definition) is 2. The Hall–Kier alpha value is -1.56. The number of nitrogens with one attached hydrogen (secondary N) is 1. The van der Waals surface area contributed by atoms with Crippen molar-refractivity contribution < 1.29 is 14.7 Å². The van der Waals surface area contributed by atoms with E-state index in [1.54, 1.807) is 11.3 Å². The number of carbonyl (C=O) groups is 2. The van der Waals surface area contributed by atoms with Gasteiger partial charge in [0, 0.05) is 11.9 Å². The Balaban J connectivity index is 2.67. The number of hydrogen-bond acceptors (Lipinski definition) is 3. The Kier molecular flexibility index (Phi) is 5.15. The van der Waals surface area contributed by atoms with Crippen LogP contribution >= 0.6 is 11.3 Å². The number of aliphatic carboxylic acids is 1. The molecule has 100 valence electrons. The summed E-state index contributed by atoms with van der Waals surface area (Å²) in [4.78, 5) is 24.6. The minimum Gasteiger partial charge on any atom is -0.480 e. The molecule has 0 bridgehead atoms. The number of carboxylic acids is 1. The molecule has 18 heavy (non-hydrogen) atoms. The second-order valence-electron chi connectivity index (χ2n) is 4.44. The van der Waals surface area contributed by atoms with Gasteiger partial charge in [-0.15, -0.1) is 11.3 Å². The van der Waals surface area contributed by atoms with Crippen LogP contribution in [0.25, 0.3) is 0 Å². The molecule has 0 fully saturated rings. The van der Waals surface area contributed by atoms with Gasteiger partial charge in [-0.25, -0.2) is 4.79 Å². The van der Waals surface area contributed by atoms with Crippen molar-refractivity contribution in [1.82, 2.24) is 10.2 Å². The van der Waals surface area contributed by atoms with Crippen molar-refractivity contribution >= 4 is 23.3 Å². The zero-order valence-electron chi connectivity index (χ0n) is 10.7. The van der Waals surface area contributed by atoms with Crippen molar-refractivity contribution in [2.45, 2.75) is 19.9 Å². The number of thiophene rings is 1. The summed E-state index contributed by atoms with van der Waals surface area (Å²) < 4.78 is 0. The lowest BCUT2D eigenvalue weighted by Gasteiger charge is -2.24. The van der Waals surface area contributed by atoms with Gasteiger partial charge in [0.05, 0.1) is 6.04 Å². The summed E-state index contributed by atoms with van der Waals surface area (Å²) in [5.74, 6) is -0.782. The number of carboxylic acid groups (broad SMARTS) is 1. The molecule has 0 saturated carbocycles. The first-order valence-corrected chi connectivity index (χ1v) is 6.56. The van der Waals surface area contributed by atoms with Gasteiger partial charge < -0.3 is 15.3 Å². The SMILES string of the molecule is CC(C)C(NC(=O)N(C)CC(=O)O)c1cccs1. The molecule has 1 aromatic heterocycles. The van der Waals surface area contributed by atoms with Crippen LogP contribution in [0.5, 0.6) is 0 Å². The van der Waals surface area contributed by atoms with E-state index in [-0.39, 0.29) is 24.5 Å². The highest BCUT2D eigenvalue weighted by molar-refractivity contribution is 7.10. The van der Waals surface area contributed by atoms with Gasteiger partial charge in [-0.05, 0) is 17.4 Å². The first-order valence-electron chi connectivity index (χ1n) is 5.68. The fourth-order valence-corrected chi connectivity index (χ4v) is 2.50. The molecule has 1 aromatic rings. The monoisotopic (exact) mass is 270 g/mol. The molecule has 1 unspecified atom stereocenters. The van der Waals surface area contributed by atoms with E-state index < -0.39 is 5.97 Å². The third-order valence-electron chi connectivity index (χ3n) is 2.51. The minimum absolute atomic E-state index is 0.0891. The summed E-state index contributed by atoms with van der Waals surface area (Å²) in [5.41, 5.74) is 0. The van der Waals surface area contributed by atoms with Crippen LogP contribution in [-0.4, -0.2) is 35.6 Å². The van der Waals surface area contributed by atoms with Gasteiger partial charge in [-0.2, -0.15) is 0 Å². The predicted octanol–water partition coefficient (Wildman–Crippen LogP) is 2.17. The van der Waals surface area contributed by atoms with Gasteiger partial charge in [0.1, 0.15) is 6.54 Å². The standard InChI is InChI=1S/C12H18N2O3S/c1-8(2)11(9-5-4-6-18-9)13-12(17)14(3)7-10(15)16/h4-6,8,11H,7H2,1-3H3,(H,13,17)(H,15,16). The summed E-state index contributed by atoms with van der Waals surface area (Å²) in [5, 5.41) is 13.5. The third kappa shape index (κ3) is 4.03. The van der Waals surface area contributed by atoms with Gasteiger partial charge in [0.2, 0.25) is 0 Å². The molecule has 0 aliphatic heterocycles. The van der Waals surface area contributed by atoms with Gasteiger partial charge in [0.25, 0.3) is 0 Å². The van der Waals surface area contributed by atoms with Crippen molar-refractivity contribution in [3.05, 3.63) is 22.4 Å². The molecule has 2 N–H and O–H groups in total. The van der Waals surface area contributed by atoms with Gasteiger partial charge in [0.15, 0.2) is 0 Å². The Morgan fingerprint density at radius 1 is 1.50 bits per heavy atom. The highest BCUT2D eigenvalue weighted by atomic mass is 32.1. The minimum atomic E-state index is -1.02. The Labute approximate surface area is 110 Å². The maximum atomic E-state index is 11.8. The molecule has 1 rings (SSSR count). The Morgan fingerprint density at radius 2 is 2.17 bits per heavy atom. The maximum Gasteiger partial charge on any atom is 0.323 e. The van der Waals surface area contributed by atoms with E-state index in [1.165, 1.54) is 7.05 Å². The molecule has 1 heterocycles. The highest BCUT2D eigenvalue weighted by Gasteiger charge is 2.21.